The molecule has 0 aliphatic rings. The maximum Gasteiger partial charge on any atom is 0.325 e. The van der Waals surface area contributed by atoms with Gasteiger partial charge in [-0.3, -0.25) is 14.9 Å². The lowest BCUT2D eigenvalue weighted by Crippen LogP contribution is -2.25. The maximum absolute atomic E-state index is 10.8. The number of nitro groups is 1. The Morgan fingerprint density at radius 3 is 2.69 bits per heavy atom. The second-order valence-electron chi connectivity index (χ2n) is 3.43. The number of anilines is 1. The molecule has 1 aromatic carbocycles. The van der Waals surface area contributed by atoms with Crippen molar-refractivity contribution in [3.8, 4) is 0 Å². The normalized spacial score (nSPS) is 11.9. The lowest BCUT2D eigenvalue weighted by molar-refractivity contribution is -0.384. The monoisotopic (exact) mass is 224 g/mol. The minimum Gasteiger partial charge on any atom is -0.480 e. The first-order valence-electron chi connectivity index (χ1n) is 4.67. The van der Waals surface area contributed by atoms with Crippen LogP contribution in [0.4, 0.5) is 11.4 Å². The van der Waals surface area contributed by atoms with Crippen molar-refractivity contribution in [1.29, 1.82) is 0 Å². The minimum atomic E-state index is -1.06. The van der Waals surface area contributed by atoms with E-state index in [0.717, 1.165) is 0 Å². The van der Waals surface area contributed by atoms with Crippen LogP contribution < -0.4 is 5.32 Å². The predicted octanol–water partition coefficient (Wildman–Crippen LogP) is 1.79. The molecule has 1 atom stereocenters. The fourth-order valence-corrected chi connectivity index (χ4v) is 1.31. The largest absolute Gasteiger partial charge is 0.480 e. The molecule has 0 aliphatic heterocycles. The molecule has 0 saturated carbocycles. The molecule has 0 radical (unpaired) electrons. The van der Waals surface area contributed by atoms with Crippen molar-refractivity contribution in [3.63, 3.8) is 0 Å². The topological polar surface area (TPSA) is 92.5 Å². The Labute approximate surface area is 92.0 Å². The number of rotatable bonds is 4. The summed E-state index contributed by atoms with van der Waals surface area (Å²) in [5, 5.41) is 22.1. The summed E-state index contributed by atoms with van der Waals surface area (Å²) in [5.41, 5.74) is 0.628. The first-order chi connectivity index (χ1) is 7.43. The van der Waals surface area contributed by atoms with E-state index in [4.69, 9.17) is 5.11 Å². The molecule has 16 heavy (non-hydrogen) atoms. The highest BCUT2D eigenvalue weighted by Crippen LogP contribution is 2.28. The lowest BCUT2D eigenvalue weighted by Gasteiger charge is -2.11. The molecule has 0 spiro atoms. The first kappa shape index (κ1) is 12.0. The quantitative estimate of drug-likeness (QED) is 0.600. The van der Waals surface area contributed by atoms with Crippen LogP contribution in [-0.2, 0) is 4.79 Å². The fraction of sp³-hybridized carbons (Fsp3) is 0.300. The van der Waals surface area contributed by atoms with Crippen LogP contribution in [-0.4, -0.2) is 22.0 Å². The van der Waals surface area contributed by atoms with Gasteiger partial charge in [-0.15, -0.1) is 0 Å². The van der Waals surface area contributed by atoms with Gasteiger partial charge in [0.15, 0.2) is 0 Å². The molecule has 0 fully saturated rings. The van der Waals surface area contributed by atoms with E-state index in [9.17, 15) is 14.9 Å². The highest BCUT2D eigenvalue weighted by Gasteiger charge is 2.20. The molecule has 0 amide bonds. The van der Waals surface area contributed by atoms with Crippen LogP contribution in [0.3, 0.4) is 0 Å². The molecule has 1 aromatic rings. The second kappa shape index (κ2) is 4.61. The molecule has 0 bridgehead atoms. The molecule has 1 unspecified atom stereocenters. The van der Waals surface area contributed by atoms with Crippen LogP contribution in [0.1, 0.15) is 12.5 Å². The number of carboxylic acids is 1. The molecular weight excluding hydrogens is 212 g/mol. The summed E-state index contributed by atoms with van der Waals surface area (Å²) in [6, 6.07) is 3.86. The standard InChI is InChI=1S/C10H12N2O4/c1-6-4-3-5-8(9(6)12(15)16)11-7(2)10(13)14/h3-5,7,11H,1-2H3,(H,13,14). The highest BCUT2D eigenvalue weighted by molar-refractivity contribution is 5.78. The number of nitro benzene ring substituents is 1. The number of hydrogen-bond donors (Lipinski definition) is 2. The van der Waals surface area contributed by atoms with Crippen molar-refractivity contribution in [2.75, 3.05) is 5.32 Å². The van der Waals surface area contributed by atoms with Crippen molar-refractivity contribution < 1.29 is 14.8 Å². The molecule has 0 aromatic heterocycles. The van der Waals surface area contributed by atoms with Crippen molar-refractivity contribution in [2.24, 2.45) is 0 Å². The Kier molecular flexibility index (Phi) is 3.44. The van der Waals surface area contributed by atoms with Crippen LogP contribution >= 0.6 is 0 Å². The van der Waals surface area contributed by atoms with Gasteiger partial charge in [-0.2, -0.15) is 0 Å². The van der Waals surface area contributed by atoms with Gasteiger partial charge in [-0.05, 0) is 19.9 Å². The Morgan fingerprint density at radius 1 is 1.56 bits per heavy atom. The van der Waals surface area contributed by atoms with Gasteiger partial charge in [0, 0.05) is 5.56 Å². The number of nitrogens with one attached hydrogen (secondary N) is 1. The molecule has 2 N–H and O–H groups in total. The number of aliphatic carboxylic acids is 1. The Balaban J connectivity index is 3.09. The summed E-state index contributed by atoms with van der Waals surface area (Å²) in [6.07, 6.45) is 0. The van der Waals surface area contributed by atoms with Crippen molar-refractivity contribution in [1.82, 2.24) is 0 Å². The third-order valence-electron chi connectivity index (χ3n) is 2.16. The third kappa shape index (κ3) is 2.47. The van der Waals surface area contributed by atoms with Gasteiger partial charge >= 0.3 is 5.97 Å². The van der Waals surface area contributed by atoms with Crippen LogP contribution in [0.15, 0.2) is 18.2 Å². The summed E-state index contributed by atoms with van der Waals surface area (Å²) in [5.74, 6) is -1.06. The van der Waals surface area contributed by atoms with E-state index in [-0.39, 0.29) is 11.4 Å². The molecular formula is C10H12N2O4. The van der Waals surface area contributed by atoms with Gasteiger partial charge in [0.1, 0.15) is 11.7 Å². The predicted molar refractivity (Wildman–Crippen MR) is 58.6 cm³/mol. The van der Waals surface area contributed by atoms with Crippen molar-refractivity contribution in [3.05, 3.63) is 33.9 Å². The van der Waals surface area contributed by atoms with E-state index in [1.165, 1.54) is 13.0 Å². The summed E-state index contributed by atoms with van der Waals surface area (Å²) >= 11 is 0. The number of benzene rings is 1. The zero-order chi connectivity index (χ0) is 12.3. The van der Waals surface area contributed by atoms with Crippen LogP contribution in [0.25, 0.3) is 0 Å². The van der Waals surface area contributed by atoms with Gasteiger partial charge in [-0.25, -0.2) is 0 Å². The molecule has 6 nitrogen and oxygen atoms in total. The molecule has 0 heterocycles. The number of aryl methyl sites for hydroxylation is 1. The van der Waals surface area contributed by atoms with E-state index < -0.39 is 16.9 Å². The van der Waals surface area contributed by atoms with Crippen molar-refractivity contribution in [2.45, 2.75) is 19.9 Å². The average molecular weight is 224 g/mol. The van der Waals surface area contributed by atoms with E-state index in [1.807, 2.05) is 0 Å². The Hall–Kier alpha value is -2.11. The summed E-state index contributed by atoms with van der Waals surface area (Å²) in [4.78, 5) is 20.9. The summed E-state index contributed by atoms with van der Waals surface area (Å²) < 4.78 is 0. The molecule has 0 aliphatic carbocycles. The number of carboxylic acid groups (broad SMARTS) is 1. The van der Waals surface area contributed by atoms with Crippen LogP contribution in [0.5, 0.6) is 0 Å². The van der Waals surface area contributed by atoms with Crippen molar-refractivity contribution >= 4 is 17.3 Å². The fourth-order valence-electron chi connectivity index (χ4n) is 1.31. The lowest BCUT2D eigenvalue weighted by atomic mass is 10.1. The average Bonchev–Trinajstić information content (AvgIpc) is 2.16. The number of carbonyl (C=O) groups is 1. The van der Waals surface area contributed by atoms with E-state index in [0.29, 0.717) is 5.56 Å². The second-order valence-corrected chi connectivity index (χ2v) is 3.43. The SMILES string of the molecule is Cc1cccc(NC(C)C(=O)O)c1[N+](=O)[O-]. The zero-order valence-electron chi connectivity index (χ0n) is 8.93. The van der Waals surface area contributed by atoms with Gasteiger partial charge in [0.25, 0.3) is 5.69 Å². The Bertz CT molecular complexity index is 431. The molecule has 1 rings (SSSR count). The van der Waals surface area contributed by atoms with Gasteiger partial charge < -0.3 is 10.4 Å². The summed E-state index contributed by atoms with van der Waals surface area (Å²) in [7, 11) is 0. The van der Waals surface area contributed by atoms with Gasteiger partial charge in [0.05, 0.1) is 4.92 Å². The van der Waals surface area contributed by atoms with Crippen LogP contribution in [0.2, 0.25) is 0 Å². The first-order valence-corrected chi connectivity index (χ1v) is 4.67. The number of para-hydroxylation sites is 1. The molecule has 0 saturated heterocycles. The van der Waals surface area contributed by atoms with E-state index in [1.54, 1.807) is 19.1 Å². The van der Waals surface area contributed by atoms with E-state index in [2.05, 4.69) is 5.32 Å². The van der Waals surface area contributed by atoms with E-state index >= 15 is 0 Å². The summed E-state index contributed by atoms with van der Waals surface area (Å²) in [6.45, 7) is 3.03. The minimum absolute atomic E-state index is 0.0874. The third-order valence-corrected chi connectivity index (χ3v) is 2.16. The maximum atomic E-state index is 10.8. The molecule has 86 valence electrons. The Morgan fingerprint density at radius 2 is 2.19 bits per heavy atom. The number of hydrogen-bond acceptors (Lipinski definition) is 4. The number of nitrogens with zero attached hydrogens (tertiary/aromatic N) is 1. The highest BCUT2D eigenvalue weighted by atomic mass is 16.6. The smallest absolute Gasteiger partial charge is 0.325 e. The zero-order valence-corrected chi connectivity index (χ0v) is 8.93. The molecule has 6 heteroatoms. The van der Waals surface area contributed by atoms with Crippen LogP contribution in [0, 0.1) is 17.0 Å². The van der Waals surface area contributed by atoms with Gasteiger partial charge in [0.2, 0.25) is 0 Å². The van der Waals surface area contributed by atoms with Gasteiger partial charge in [-0.1, -0.05) is 12.1 Å².